The Bertz CT molecular complexity index is 1750. The largest absolute Gasteiger partial charge is 0.368 e. The predicted molar refractivity (Wildman–Crippen MR) is 308 cm³/mol. The van der Waals surface area contributed by atoms with Crippen molar-refractivity contribution in [1.29, 1.82) is 0 Å². The lowest BCUT2D eigenvalue weighted by Gasteiger charge is -2.31. The van der Waals surface area contributed by atoms with Crippen molar-refractivity contribution >= 4 is 47.3 Å². The van der Waals surface area contributed by atoms with Crippen LogP contribution in [0, 0.1) is 23.7 Å². The van der Waals surface area contributed by atoms with Crippen molar-refractivity contribution in [3.63, 3.8) is 0 Å². The second-order valence-corrected chi connectivity index (χ2v) is 22.9. The second-order valence-electron chi connectivity index (χ2n) is 22.9. The van der Waals surface area contributed by atoms with Gasteiger partial charge in [0.25, 0.3) is 0 Å². The van der Waals surface area contributed by atoms with Gasteiger partial charge in [-0.25, -0.2) is 0 Å². The number of rotatable bonds is 43. The average Bonchev–Trinajstić information content (AvgIpc) is 3.37. The number of nitrogens with zero attached hydrogens (tertiary/aromatic N) is 4. The van der Waals surface area contributed by atoms with Crippen molar-refractivity contribution in [3.05, 3.63) is 0 Å². The number of amides is 8. The molecule has 0 radical (unpaired) electrons. The highest BCUT2D eigenvalue weighted by Crippen LogP contribution is 2.17. The average molecular weight is 1090 g/mol. The lowest BCUT2D eigenvalue weighted by Crippen LogP contribution is -2.62. The first-order valence-corrected chi connectivity index (χ1v) is 28.9. The standard InChI is InChI=1S/C56H111N13O8/c1-17-37(5)45(57)53(74)60-42(30-22-26-34-67(11)12)50(71)64-47(39(7)19-3)55(76)62-44(32-24-28-36-69(15)16)52(73)65-48(40(8)20-4)56(77)61-43(31-23-27-35-68(13)14)51(72)63-46(38(6)18-2)54(75)59-41(49(58)70)29-21-25-33-66(9)10/h37-48H,17-36,57H2,1-16H3,(H2,58,70)(H,59,75)(H,60,74)(H,61,77)(H,62,76)(H,63,72)(H,64,71)(H,65,73)/t37-,38-,39-,40-,41-,42-,43-,44-,45-,46-,47-,48-/m0/s1. The van der Waals surface area contributed by atoms with Gasteiger partial charge in [0.2, 0.25) is 47.3 Å². The van der Waals surface area contributed by atoms with Crippen LogP contribution in [0.15, 0.2) is 0 Å². The minimum absolute atomic E-state index is 0.123. The number of nitrogens with two attached hydrogens (primary N) is 2. The fourth-order valence-electron chi connectivity index (χ4n) is 8.63. The molecular weight excluding hydrogens is 983 g/mol. The number of unbranched alkanes of at least 4 members (excludes halogenated alkanes) is 4. The first kappa shape index (κ1) is 72.6. The number of carbonyl (C=O) groups is 8. The molecule has 21 heteroatoms. The Morgan fingerprint density at radius 1 is 0.338 bits per heavy atom. The molecule has 0 aliphatic rings. The lowest BCUT2D eigenvalue weighted by molar-refractivity contribution is -0.137. The third-order valence-electron chi connectivity index (χ3n) is 14.9. The van der Waals surface area contributed by atoms with Crippen LogP contribution in [-0.4, -0.2) is 198 Å². The molecule has 0 aromatic rings. The normalized spacial score (nSPS) is 16.4. The van der Waals surface area contributed by atoms with Crippen LogP contribution in [0.4, 0.5) is 0 Å². The Labute approximate surface area is 465 Å². The second kappa shape index (κ2) is 39.8. The summed E-state index contributed by atoms with van der Waals surface area (Å²) in [4.78, 5) is 120. The van der Waals surface area contributed by atoms with E-state index in [-0.39, 0.29) is 30.6 Å². The Hall–Kier alpha value is -4.44. The molecule has 0 spiro atoms. The summed E-state index contributed by atoms with van der Waals surface area (Å²) in [5, 5.41) is 20.3. The summed E-state index contributed by atoms with van der Waals surface area (Å²) in [6.45, 7) is 18.0. The van der Waals surface area contributed by atoms with E-state index in [4.69, 9.17) is 11.5 Å². The van der Waals surface area contributed by atoms with Gasteiger partial charge in [0.1, 0.15) is 42.3 Å². The van der Waals surface area contributed by atoms with Crippen LogP contribution >= 0.6 is 0 Å². The molecule has 0 fully saturated rings. The number of nitrogens with one attached hydrogen (secondary N) is 7. The van der Waals surface area contributed by atoms with E-state index in [2.05, 4.69) is 37.2 Å². The maximum atomic E-state index is 14.6. The fourth-order valence-corrected chi connectivity index (χ4v) is 8.63. The molecule has 0 bridgehead atoms. The summed E-state index contributed by atoms with van der Waals surface area (Å²) in [5.41, 5.74) is 12.0. The summed E-state index contributed by atoms with van der Waals surface area (Å²) in [5.74, 6) is -5.85. The fraction of sp³-hybridized carbons (Fsp3) is 0.857. The summed E-state index contributed by atoms with van der Waals surface area (Å²) < 4.78 is 0. The highest BCUT2D eigenvalue weighted by atomic mass is 16.2. The van der Waals surface area contributed by atoms with Gasteiger partial charge >= 0.3 is 0 Å². The summed E-state index contributed by atoms with van der Waals surface area (Å²) in [7, 11) is 15.6. The van der Waals surface area contributed by atoms with Gasteiger partial charge < -0.3 is 68.3 Å². The monoisotopic (exact) mass is 1090 g/mol. The van der Waals surface area contributed by atoms with Crippen LogP contribution in [0.1, 0.15) is 158 Å². The Morgan fingerprint density at radius 3 is 0.805 bits per heavy atom. The topological polar surface area (TPSA) is 286 Å². The van der Waals surface area contributed by atoms with Crippen molar-refractivity contribution in [1.82, 2.24) is 56.8 Å². The van der Waals surface area contributed by atoms with E-state index in [9.17, 15) is 38.4 Å². The molecule has 0 saturated heterocycles. The van der Waals surface area contributed by atoms with Gasteiger partial charge in [-0.15, -0.1) is 0 Å². The van der Waals surface area contributed by atoms with E-state index in [1.54, 1.807) is 0 Å². The van der Waals surface area contributed by atoms with Crippen LogP contribution in [-0.2, 0) is 38.4 Å². The molecule has 0 aromatic heterocycles. The summed E-state index contributed by atoms with van der Waals surface area (Å²) >= 11 is 0. The molecule has 12 atom stereocenters. The van der Waals surface area contributed by atoms with Crippen LogP contribution in [0.25, 0.3) is 0 Å². The van der Waals surface area contributed by atoms with Gasteiger partial charge in [-0.05, 0) is 183 Å². The molecular formula is C56H111N13O8. The van der Waals surface area contributed by atoms with E-state index in [1.807, 2.05) is 131 Å². The molecule has 77 heavy (non-hydrogen) atoms. The Morgan fingerprint density at radius 2 is 0.571 bits per heavy atom. The molecule has 0 aliphatic carbocycles. The van der Waals surface area contributed by atoms with Gasteiger partial charge in [0, 0.05) is 0 Å². The van der Waals surface area contributed by atoms with Crippen molar-refractivity contribution < 1.29 is 38.4 Å². The number of hydrogen-bond donors (Lipinski definition) is 9. The molecule has 0 heterocycles. The molecule has 448 valence electrons. The Kier molecular flexibility index (Phi) is 37.5. The zero-order valence-electron chi connectivity index (χ0n) is 50.8. The Balaban J connectivity index is 6.96. The van der Waals surface area contributed by atoms with E-state index >= 15 is 0 Å². The smallest absolute Gasteiger partial charge is 0.243 e. The maximum Gasteiger partial charge on any atom is 0.243 e. The third kappa shape index (κ3) is 29.9. The van der Waals surface area contributed by atoms with Crippen molar-refractivity contribution in [2.24, 2.45) is 35.1 Å². The van der Waals surface area contributed by atoms with Gasteiger partial charge in [0.15, 0.2) is 0 Å². The van der Waals surface area contributed by atoms with Crippen molar-refractivity contribution in [2.75, 3.05) is 82.6 Å². The van der Waals surface area contributed by atoms with E-state index < -0.39 is 102 Å². The molecule has 11 N–H and O–H groups in total. The molecule has 8 amide bonds. The summed E-state index contributed by atoms with van der Waals surface area (Å²) in [6.07, 6.45) is 8.67. The minimum atomic E-state index is -1.13. The molecule has 0 aliphatic heterocycles. The van der Waals surface area contributed by atoms with Gasteiger partial charge in [-0.1, -0.05) is 81.1 Å². The molecule has 0 rings (SSSR count). The quantitative estimate of drug-likeness (QED) is 0.0397. The maximum absolute atomic E-state index is 14.6. The van der Waals surface area contributed by atoms with Crippen molar-refractivity contribution in [2.45, 2.75) is 206 Å². The van der Waals surface area contributed by atoms with Crippen LogP contribution in [0.5, 0.6) is 0 Å². The SMILES string of the molecule is CC[C@H](C)[C@H](N)C(=O)N[C@@H](CCCCN(C)C)C(=O)N[C@H](C(=O)N[C@@H](CCCCN(C)C)C(=O)N[C@H](C(=O)N[C@@H](CCCCN(C)C)C(=O)N[C@H](C(=O)N[C@@H](CCCCN(C)C)C(N)=O)[C@@H](C)CC)[C@@H](C)CC)[C@@H](C)CC. The van der Waals surface area contributed by atoms with Gasteiger partial charge in [-0.3, -0.25) is 38.4 Å². The predicted octanol–water partition coefficient (Wildman–Crippen LogP) is 2.30. The number of primary amides is 1. The van der Waals surface area contributed by atoms with Crippen LogP contribution in [0.3, 0.4) is 0 Å². The molecule has 0 aromatic carbocycles. The first-order valence-electron chi connectivity index (χ1n) is 28.9. The zero-order chi connectivity index (χ0) is 58.9. The number of carbonyl (C=O) groups excluding carboxylic acids is 8. The van der Waals surface area contributed by atoms with Crippen LogP contribution < -0.4 is 48.7 Å². The van der Waals surface area contributed by atoms with Crippen molar-refractivity contribution in [3.8, 4) is 0 Å². The third-order valence-corrected chi connectivity index (χ3v) is 14.9. The van der Waals surface area contributed by atoms with Gasteiger partial charge in [-0.2, -0.15) is 0 Å². The number of hydrogen-bond acceptors (Lipinski definition) is 13. The highest BCUT2D eigenvalue weighted by molar-refractivity contribution is 5.98. The molecule has 21 nitrogen and oxygen atoms in total. The zero-order valence-corrected chi connectivity index (χ0v) is 50.8. The molecule has 0 unspecified atom stereocenters. The van der Waals surface area contributed by atoms with Crippen LogP contribution in [0.2, 0.25) is 0 Å². The molecule has 0 saturated carbocycles. The highest BCUT2D eigenvalue weighted by Gasteiger charge is 2.37. The van der Waals surface area contributed by atoms with E-state index in [0.717, 1.165) is 39.0 Å². The minimum Gasteiger partial charge on any atom is -0.368 e. The first-order chi connectivity index (χ1) is 36.1. The van der Waals surface area contributed by atoms with E-state index in [0.29, 0.717) is 77.0 Å². The summed E-state index contributed by atoms with van der Waals surface area (Å²) in [6, 6.07) is -8.19. The van der Waals surface area contributed by atoms with Gasteiger partial charge in [0.05, 0.1) is 6.04 Å². The van der Waals surface area contributed by atoms with E-state index in [1.165, 1.54) is 0 Å². The lowest BCUT2D eigenvalue weighted by atomic mass is 9.95.